The number of nitrogens with two attached hydrogens (primary N) is 1. The lowest BCUT2D eigenvalue weighted by molar-refractivity contribution is 0.318. The van der Waals surface area contributed by atoms with Crippen LogP contribution in [0.3, 0.4) is 0 Å². The Balaban J connectivity index is 2.13. The molecular weight excluding hydrogens is 268 g/mol. The van der Waals surface area contributed by atoms with Gasteiger partial charge in [-0.05, 0) is 42.0 Å². The average molecular weight is 286 g/mol. The molecule has 6 heteroatoms. The molecule has 2 rings (SSSR count). The van der Waals surface area contributed by atoms with Crippen molar-refractivity contribution >= 4 is 11.5 Å². The van der Waals surface area contributed by atoms with Crippen LogP contribution in [-0.2, 0) is 6.54 Å². The summed E-state index contributed by atoms with van der Waals surface area (Å²) in [4.78, 5) is 6.15. The van der Waals surface area contributed by atoms with Crippen LogP contribution in [0.2, 0.25) is 0 Å². The van der Waals surface area contributed by atoms with E-state index in [9.17, 15) is 0 Å². The standard InChI is InChI=1S/C15H18N4O2/c1-19(12-3-5-13(21-2)6-4-12)10-11-7-8-17-14(9-11)15(16)18-20/h3-9,20H,10H2,1-2H3,(H2,16,18). The quantitative estimate of drug-likeness (QED) is 0.379. The van der Waals surface area contributed by atoms with Gasteiger partial charge in [0.05, 0.1) is 7.11 Å². The van der Waals surface area contributed by atoms with E-state index in [2.05, 4.69) is 15.0 Å². The van der Waals surface area contributed by atoms with Crippen LogP contribution in [0.15, 0.2) is 47.8 Å². The lowest BCUT2D eigenvalue weighted by Gasteiger charge is -2.19. The summed E-state index contributed by atoms with van der Waals surface area (Å²) < 4.78 is 5.14. The van der Waals surface area contributed by atoms with Crippen molar-refractivity contribution < 1.29 is 9.94 Å². The molecule has 0 spiro atoms. The molecule has 0 bridgehead atoms. The van der Waals surface area contributed by atoms with Gasteiger partial charge < -0.3 is 20.6 Å². The molecule has 3 N–H and O–H groups in total. The summed E-state index contributed by atoms with van der Waals surface area (Å²) in [6.45, 7) is 0.681. The number of hydrogen-bond acceptors (Lipinski definition) is 5. The zero-order chi connectivity index (χ0) is 15.2. The monoisotopic (exact) mass is 286 g/mol. The van der Waals surface area contributed by atoms with Crippen LogP contribution >= 0.6 is 0 Å². The Morgan fingerprint density at radius 1 is 1.33 bits per heavy atom. The Labute approximate surface area is 123 Å². The van der Waals surface area contributed by atoms with E-state index in [1.54, 1.807) is 19.4 Å². The molecule has 0 atom stereocenters. The molecule has 0 fully saturated rings. The Hall–Kier alpha value is -2.76. The van der Waals surface area contributed by atoms with E-state index < -0.39 is 0 Å². The van der Waals surface area contributed by atoms with Gasteiger partial charge in [0.2, 0.25) is 0 Å². The van der Waals surface area contributed by atoms with Gasteiger partial charge >= 0.3 is 0 Å². The number of nitrogens with zero attached hydrogens (tertiary/aromatic N) is 3. The van der Waals surface area contributed by atoms with E-state index >= 15 is 0 Å². The average Bonchev–Trinajstić information content (AvgIpc) is 2.54. The third-order valence-corrected chi connectivity index (χ3v) is 3.13. The van der Waals surface area contributed by atoms with E-state index in [4.69, 9.17) is 15.7 Å². The lowest BCUT2D eigenvalue weighted by atomic mass is 10.2. The summed E-state index contributed by atoms with van der Waals surface area (Å²) >= 11 is 0. The number of oxime groups is 1. The maximum atomic E-state index is 8.69. The van der Waals surface area contributed by atoms with Gasteiger partial charge in [0.15, 0.2) is 5.84 Å². The molecule has 1 aromatic heterocycles. The van der Waals surface area contributed by atoms with Gasteiger partial charge in [-0.2, -0.15) is 0 Å². The highest BCUT2D eigenvalue weighted by Crippen LogP contribution is 2.19. The molecular formula is C15H18N4O2. The minimum absolute atomic E-state index is 0.00366. The van der Waals surface area contributed by atoms with E-state index in [0.29, 0.717) is 12.2 Å². The summed E-state index contributed by atoms with van der Waals surface area (Å²) in [5, 5.41) is 11.6. The van der Waals surface area contributed by atoms with Gasteiger partial charge in [0.25, 0.3) is 0 Å². The normalized spacial score (nSPS) is 11.2. The highest BCUT2D eigenvalue weighted by Gasteiger charge is 2.06. The molecule has 110 valence electrons. The van der Waals surface area contributed by atoms with Crippen LogP contribution in [0.5, 0.6) is 5.75 Å². The fraction of sp³-hybridized carbons (Fsp3) is 0.200. The van der Waals surface area contributed by atoms with Gasteiger partial charge in [0.1, 0.15) is 11.4 Å². The molecule has 0 radical (unpaired) electrons. The second-order valence-corrected chi connectivity index (χ2v) is 4.59. The maximum Gasteiger partial charge on any atom is 0.188 e. The third-order valence-electron chi connectivity index (χ3n) is 3.13. The summed E-state index contributed by atoms with van der Waals surface area (Å²) in [6, 6.07) is 11.5. The zero-order valence-electron chi connectivity index (χ0n) is 12.0. The maximum absolute atomic E-state index is 8.69. The highest BCUT2D eigenvalue weighted by molar-refractivity contribution is 5.95. The van der Waals surface area contributed by atoms with E-state index in [1.807, 2.05) is 37.4 Å². The molecule has 2 aromatic rings. The summed E-state index contributed by atoms with van der Waals surface area (Å²) in [6.07, 6.45) is 1.64. The smallest absolute Gasteiger partial charge is 0.188 e. The first-order valence-electron chi connectivity index (χ1n) is 6.42. The summed E-state index contributed by atoms with van der Waals surface area (Å²) in [7, 11) is 3.63. The van der Waals surface area contributed by atoms with Crippen molar-refractivity contribution in [2.45, 2.75) is 6.54 Å². The van der Waals surface area contributed by atoms with Crippen LogP contribution in [0, 0.1) is 0 Å². The fourth-order valence-corrected chi connectivity index (χ4v) is 1.97. The number of aromatic nitrogens is 1. The molecule has 21 heavy (non-hydrogen) atoms. The van der Waals surface area contributed by atoms with Crippen LogP contribution in [0.25, 0.3) is 0 Å². The van der Waals surface area contributed by atoms with Crippen LogP contribution in [0.1, 0.15) is 11.3 Å². The molecule has 0 aliphatic rings. The summed E-state index contributed by atoms with van der Waals surface area (Å²) in [5.74, 6) is 0.828. The Bertz CT molecular complexity index is 626. The van der Waals surface area contributed by atoms with Gasteiger partial charge in [-0.25, -0.2) is 0 Å². The molecule has 6 nitrogen and oxygen atoms in total. The Morgan fingerprint density at radius 2 is 2.05 bits per heavy atom. The second kappa shape index (κ2) is 6.60. The number of amidine groups is 1. The van der Waals surface area contributed by atoms with Gasteiger partial charge in [-0.3, -0.25) is 4.98 Å². The van der Waals surface area contributed by atoms with Gasteiger partial charge in [-0.1, -0.05) is 5.16 Å². The predicted octanol–water partition coefficient (Wildman–Crippen LogP) is 1.82. The zero-order valence-corrected chi connectivity index (χ0v) is 12.0. The van der Waals surface area contributed by atoms with Crippen molar-refractivity contribution in [2.75, 3.05) is 19.1 Å². The van der Waals surface area contributed by atoms with Crippen LogP contribution < -0.4 is 15.4 Å². The Morgan fingerprint density at radius 3 is 2.67 bits per heavy atom. The summed E-state index contributed by atoms with van der Waals surface area (Å²) in [5.41, 5.74) is 8.09. The van der Waals surface area contributed by atoms with Crippen molar-refractivity contribution in [1.82, 2.24) is 4.98 Å². The van der Waals surface area contributed by atoms with E-state index in [0.717, 1.165) is 17.0 Å². The van der Waals surface area contributed by atoms with Crippen molar-refractivity contribution in [2.24, 2.45) is 10.9 Å². The molecule has 0 aliphatic heterocycles. The first-order valence-corrected chi connectivity index (χ1v) is 6.42. The van der Waals surface area contributed by atoms with Crippen molar-refractivity contribution in [3.05, 3.63) is 53.9 Å². The largest absolute Gasteiger partial charge is 0.497 e. The SMILES string of the molecule is COc1ccc(N(C)Cc2ccnc(C(N)=NO)c2)cc1. The lowest BCUT2D eigenvalue weighted by Crippen LogP contribution is -2.18. The van der Waals surface area contributed by atoms with Crippen molar-refractivity contribution in [3.8, 4) is 5.75 Å². The van der Waals surface area contributed by atoms with Crippen molar-refractivity contribution in [1.29, 1.82) is 0 Å². The number of benzene rings is 1. The van der Waals surface area contributed by atoms with Crippen LogP contribution in [0.4, 0.5) is 5.69 Å². The second-order valence-electron chi connectivity index (χ2n) is 4.59. The number of pyridine rings is 1. The highest BCUT2D eigenvalue weighted by atomic mass is 16.5. The molecule has 0 aliphatic carbocycles. The first-order chi connectivity index (χ1) is 10.1. The van der Waals surface area contributed by atoms with Gasteiger partial charge in [0, 0.05) is 25.5 Å². The molecule has 1 aromatic carbocycles. The molecule has 0 saturated heterocycles. The molecule has 1 heterocycles. The Kier molecular flexibility index (Phi) is 4.61. The molecule has 0 unspecified atom stereocenters. The topological polar surface area (TPSA) is 84.0 Å². The number of rotatable bonds is 5. The molecule has 0 amide bonds. The minimum Gasteiger partial charge on any atom is -0.497 e. The van der Waals surface area contributed by atoms with E-state index in [1.165, 1.54) is 0 Å². The molecule has 0 saturated carbocycles. The minimum atomic E-state index is 0.00366. The van der Waals surface area contributed by atoms with Crippen molar-refractivity contribution in [3.63, 3.8) is 0 Å². The van der Waals surface area contributed by atoms with E-state index in [-0.39, 0.29) is 5.84 Å². The number of methoxy groups -OCH3 is 1. The number of ether oxygens (including phenoxy) is 1. The predicted molar refractivity (Wildman–Crippen MR) is 81.8 cm³/mol. The third kappa shape index (κ3) is 3.62. The first kappa shape index (κ1) is 14.6. The number of anilines is 1. The number of hydrogen-bond donors (Lipinski definition) is 2. The van der Waals surface area contributed by atoms with Gasteiger partial charge in [-0.15, -0.1) is 0 Å². The van der Waals surface area contributed by atoms with Crippen LogP contribution in [-0.4, -0.2) is 30.2 Å². The fourth-order valence-electron chi connectivity index (χ4n) is 1.97.